The lowest BCUT2D eigenvalue weighted by Gasteiger charge is -2.09. The van der Waals surface area contributed by atoms with Crippen molar-refractivity contribution in [3.05, 3.63) is 17.5 Å². The molecule has 0 aliphatic heterocycles. The molecule has 7 heteroatoms. The molecular formula is C8H6ClF2NO3. The predicted octanol–water partition coefficient (Wildman–Crippen LogP) is 2.11. The van der Waals surface area contributed by atoms with E-state index >= 15 is 0 Å². The lowest BCUT2D eigenvalue weighted by Crippen LogP contribution is -2.01. The minimum absolute atomic E-state index is 0.156. The Kier molecular flexibility index (Phi) is 3.41. The van der Waals surface area contributed by atoms with Crippen molar-refractivity contribution in [1.82, 2.24) is 4.98 Å². The minimum Gasteiger partial charge on any atom is -0.505 e. The normalized spacial score (nSPS) is 10.5. The quantitative estimate of drug-likeness (QED) is 0.818. The van der Waals surface area contributed by atoms with Crippen molar-refractivity contribution in [2.24, 2.45) is 0 Å². The Bertz CT molecular complexity index is 398. The molecule has 4 nitrogen and oxygen atoms in total. The smallest absolute Gasteiger partial charge is 0.284 e. The van der Waals surface area contributed by atoms with E-state index in [1.54, 1.807) is 0 Å². The van der Waals surface area contributed by atoms with Gasteiger partial charge in [-0.25, -0.2) is 13.8 Å². The summed E-state index contributed by atoms with van der Waals surface area (Å²) in [4.78, 5) is 14.1. The molecule has 0 atom stereocenters. The van der Waals surface area contributed by atoms with Gasteiger partial charge in [-0.1, -0.05) is 0 Å². The molecule has 0 amide bonds. The molecule has 1 rings (SSSR count). The average Bonchev–Trinajstić information content (AvgIpc) is 2.15. The molecule has 0 saturated carbocycles. The van der Waals surface area contributed by atoms with Crippen LogP contribution in [-0.2, 0) is 0 Å². The highest BCUT2D eigenvalue weighted by atomic mass is 35.5. The van der Waals surface area contributed by atoms with Gasteiger partial charge in [0.1, 0.15) is 11.3 Å². The van der Waals surface area contributed by atoms with Gasteiger partial charge in [-0.05, 0) is 11.6 Å². The summed E-state index contributed by atoms with van der Waals surface area (Å²) >= 11 is 5.12. The third-order valence-electron chi connectivity index (χ3n) is 1.67. The molecule has 1 aromatic heterocycles. The second kappa shape index (κ2) is 4.39. The first-order valence-corrected chi connectivity index (χ1v) is 4.10. The summed E-state index contributed by atoms with van der Waals surface area (Å²) in [6, 6.07) is 0. The van der Waals surface area contributed by atoms with Gasteiger partial charge < -0.3 is 9.84 Å². The Balaban J connectivity index is 3.42. The van der Waals surface area contributed by atoms with Crippen LogP contribution in [0.1, 0.15) is 22.5 Å². The lowest BCUT2D eigenvalue weighted by atomic mass is 10.2. The largest absolute Gasteiger partial charge is 0.505 e. The van der Waals surface area contributed by atoms with Crippen LogP contribution in [0.2, 0.25) is 0 Å². The highest BCUT2D eigenvalue weighted by Crippen LogP contribution is 2.35. The molecule has 0 spiro atoms. The first-order chi connectivity index (χ1) is 6.99. The average molecular weight is 238 g/mol. The fourth-order valence-corrected chi connectivity index (χ4v) is 1.19. The van der Waals surface area contributed by atoms with Gasteiger partial charge in [0.15, 0.2) is 11.5 Å². The number of alkyl halides is 2. The number of aromatic hydroxyl groups is 1. The van der Waals surface area contributed by atoms with Crippen molar-refractivity contribution in [3.8, 4) is 11.5 Å². The second-order valence-electron chi connectivity index (χ2n) is 2.51. The number of ether oxygens (including phenoxy) is 1. The molecule has 0 aliphatic rings. The van der Waals surface area contributed by atoms with Crippen LogP contribution in [-0.4, -0.2) is 22.4 Å². The number of carbonyl (C=O) groups excluding carboxylic acids is 1. The first-order valence-electron chi connectivity index (χ1n) is 3.72. The van der Waals surface area contributed by atoms with Gasteiger partial charge in [-0.15, -0.1) is 0 Å². The van der Waals surface area contributed by atoms with E-state index in [4.69, 9.17) is 11.6 Å². The zero-order chi connectivity index (χ0) is 11.6. The molecule has 1 heterocycles. The zero-order valence-corrected chi connectivity index (χ0v) is 8.26. The zero-order valence-electron chi connectivity index (χ0n) is 7.50. The first kappa shape index (κ1) is 11.6. The van der Waals surface area contributed by atoms with Gasteiger partial charge in [-0.3, -0.25) is 4.79 Å². The number of halogens is 3. The summed E-state index contributed by atoms with van der Waals surface area (Å²) in [5.74, 6) is -1.11. The molecule has 1 N–H and O–H groups in total. The summed E-state index contributed by atoms with van der Waals surface area (Å²) in [5, 5.41) is 8.22. The molecule has 0 bridgehead atoms. The summed E-state index contributed by atoms with van der Waals surface area (Å²) in [5.41, 5.74) is -1.41. The standard InChI is InChI=1S/C8H6ClF2NO3/c1-15-3-2-12-5(8(10)11)6(13)4(3)7(9)14/h2,8,13H,1H3. The number of carbonyl (C=O) groups is 1. The Labute approximate surface area is 88.4 Å². The molecular weight excluding hydrogens is 232 g/mol. The maximum atomic E-state index is 12.3. The number of hydrogen-bond acceptors (Lipinski definition) is 4. The van der Waals surface area contributed by atoms with E-state index < -0.39 is 28.7 Å². The van der Waals surface area contributed by atoms with E-state index in [0.717, 1.165) is 6.20 Å². The summed E-state index contributed by atoms with van der Waals surface area (Å²) in [6.45, 7) is 0. The third-order valence-corrected chi connectivity index (χ3v) is 1.86. The molecule has 15 heavy (non-hydrogen) atoms. The number of rotatable bonds is 3. The van der Waals surface area contributed by atoms with Gasteiger partial charge in [0, 0.05) is 0 Å². The molecule has 0 fully saturated rings. The Morgan fingerprint density at radius 3 is 2.67 bits per heavy atom. The van der Waals surface area contributed by atoms with E-state index in [0.29, 0.717) is 0 Å². The maximum Gasteiger partial charge on any atom is 0.284 e. The van der Waals surface area contributed by atoms with Crippen molar-refractivity contribution in [2.45, 2.75) is 6.43 Å². The Morgan fingerprint density at radius 1 is 1.67 bits per heavy atom. The van der Waals surface area contributed by atoms with Crippen LogP contribution >= 0.6 is 11.6 Å². The van der Waals surface area contributed by atoms with Crippen LogP contribution < -0.4 is 4.74 Å². The van der Waals surface area contributed by atoms with Crippen molar-refractivity contribution in [3.63, 3.8) is 0 Å². The number of hydrogen-bond donors (Lipinski definition) is 1. The van der Waals surface area contributed by atoms with E-state index in [1.807, 2.05) is 0 Å². The van der Waals surface area contributed by atoms with Crippen molar-refractivity contribution >= 4 is 16.8 Å². The molecule has 82 valence electrons. The van der Waals surface area contributed by atoms with Crippen LogP contribution in [0, 0.1) is 0 Å². The van der Waals surface area contributed by atoms with Crippen LogP contribution in [0.3, 0.4) is 0 Å². The third kappa shape index (κ3) is 2.15. The Morgan fingerprint density at radius 2 is 2.27 bits per heavy atom. The molecule has 1 aromatic rings. The van der Waals surface area contributed by atoms with E-state index in [1.165, 1.54) is 7.11 Å². The molecule has 0 radical (unpaired) electrons. The second-order valence-corrected chi connectivity index (χ2v) is 2.85. The van der Waals surface area contributed by atoms with E-state index in [2.05, 4.69) is 9.72 Å². The van der Waals surface area contributed by atoms with E-state index in [9.17, 15) is 18.7 Å². The van der Waals surface area contributed by atoms with Gasteiger partial charge in [-0.2, -0.15) is 0 Å². The van der Waals surface area contributed by atoms with Crippen molar-refractivity contribution in [2.75, 3.05) is 7.11 Å². The number of methoxy groups -OCH3 is 1. The van der Waals surface area contributed by atoms with Gasteiger partial charge >= 0.3 is 0 Å². The maximum absolute atomic E-state index is 12.3. The van der Waals surface area contributed by atoms with Crippen molar-refractivity contribution < 1.29 is 23.4 Å². The highest BCUT2D eigenvalue weighted by molar-refractivity contribution is 6.68. The monoisotopic (exact) mass is 237 g/mol. The predicted molar refractivity (Wildman–Crippen MR) is 47.6 cm³/mol. The van der Waals surface area contributed by atoms with Crippen LogP contribution in [0.4, 0.5) is 8.78 Å². The fraction of sp³-hybridized carbons (Fsp3) is 0.250. The summed E-state index contributed by atoms with van der Waals surface area (Å²) in [7, 11) is 1.20. The molecule has 0 aliphatic carbocycles. The van der Waals surface area contributed by atoms with E-state index in [-0.39, 0.29) is 5.75 Å². The lowest BCUT2D eigenvalue weighted by molar-refractivity contribution is 0.107. The minimum atomic E-state index is -2.99. The van der Waals surface area contributed by atoms with Gasteiger partial charge in [0.2, 0.25) is 0 Å². The fourth-order valence-electron chi connectivity index (χ4n) is 1.00. The number of nitrogens with zero attached hydrogens (tertiary/aromatic N) is 1. The van der Waals surface area contributed by atoms with Gasteiger partial charge in [0.25, 0.3) is 11.7 Å². The Hall–Kier alpha value is -1.43. The van der Waals surface area contributed by atoms with Gasteiger partial charge in [0.05, 0.1) is 13.3 Å². The SMILES string of the molecule is COc1cnc(C(F)F)c(O)c1C(=O)Cl. The molecule has 0 saturated heterocycles. The number of aromatic nitrogens is 1. The molecule has 0 aromatic carbocycles. The summed E-state index contributed by atoms with van der Waals surface area (Å²) < 4.78 is 29.2. The van der Waals surface area contributed by atoms with Crippen molar-refractivity contribution in [1.29, 1.82) is 0 Å². The highest BCUT2D eigenvalue weighted by Gasteiger charge is 2.24. The van der Waals surface area contributed by atoms with Crippen LogP contribution in [0.5, 0.6) is 11.5 Å². The molecule has 0 unspecified atom stereocenters. The summed E-state index contributed by atoms with van der Waals surface area (Å²) in [6.07, 6.45) is -2.10. The topological polar surface area (TPSA) is 59.4 Å². The van der Waals surface area contributed by atoms with Crippen LogP contribution in [0.15, 0.2) is 6.20 Å². The number of pyridine rings is 1. The van der Waals surface area contributed by atoms with Crippen LogP contribution in [0.25, 0.3) is 0 Å².